The van der Waals surface area contributed by atoms with Gasteiger partial charge in [-0.1, -0.05) is 18.5 Å². The summed E-state index contributed by atoms with van der Waals surface area (Å²) in [6.07, 6.45) is 6.14. The van der Waals surface area contributed by atoms with Crippen LogP contribution >= 0.6 is 11.6 Å². The summed E-state index contributed by atoms with van der Waals surface area (Å²) < 4.78 is 11.7. The highest BCUT2D eigenvalue weighted by Crippen LogP contribution is 2.60. The molecule has 1 amide bonds. The summed E-state index contributed by atoms with van der Waals surface area (Å²) in [7, 11) is 0. The number of hydrogen-bond donors (Lipinski definition) is 1. The molecule has 1 heterocycles. The highest BCUT2D eigenvalue weighted by atomic mass is 35.5. The van der Waals surface area contributed by atoms with Crippen LogP contribution in [-0.4, -0.2) is 37.4 Å². The second-order valence-electron chi connectivity index (χ2n) is 7.94. The molecular weight excluding hydrogens is 350 g/mol. The van der Waals surface area contributed by atoms with Gasteiger partial charge >= 0.3 is 0 Å². The smallest absolute Gasteiger partial charge is 0.251 e. The van der Waals surface area contributed by atoms with E-state index in [4.69, 9.17) is 21.1 Å². The predicted molar refractivity (Wildman–Crippen MR) is 101 cm³/mol. The van der Waals surface area contributed by atoms with E-state index in [1.807, 2.05) is 0 Å². The maximum atomic E-state index is 12.5. The minimum Gasteiger partial charge on any atom is -0.381 e. The van der Waals surface area contributed by atoms with E-state index in [-0.39, 0.29) is 11.9 Å². The van der Waals surface area contributed by atoms with Crippen LogP contribution in [0.5, 0.6) is 0 Å². The van der Waals surface area contributed by atoms with Crippen LogP contribution in [0, 0.1) is 17.8 Å². The minimum atomic E-state index is 0.00787. The molecule has 142 valence electrons. The van der Waals surface area contributed by atoms with Crippen molar-refractivity contribution in [1.29, 1.82) is 0 Å². The van der Waals surface area contributed by atoms with Gasteiger partial charge in [-0.3, -0.25) is 4.79 Å². The van der Waals surface area contributed by atoms with E-state index in [0.29, 0.717) is 28.7 Å². The van der Waals surface area contributed by atoms with E-state index in [2.05, 4.69) is 12.2 Å². The van der Waals surface area contributed by atoms with E-state index in [0.717, 1.165) is 57.2 Å². The minimum absolute atomic E-state index is 0.00787. The summed E-state index contributed by atoms with van der Waals surface area (Å²) in [6.45, 7) is 3.83. The molecule has 1 aromatic carbocycles. The highest BCUT2D eigenvalue weighted by molar-refractivity contribution is 6.30. The van der Waals surface area contributed by atoms with Gasteiger partial charge in [0.25, 0.3) is 5.91 Å². The van der Waals surface area contributed by atoms with Crippen molar-refractivity contribution >= 4 is 17.5 Å². The Balaban J connectivity index is 1.27. The third-order valence-corrected chi connectivity index (χ3v) is 6.60. The zero-order valence-electron chi connectivity index (χ0n) is 15.3. The van der Waals surface area contributed by atoms with Crippen molar-refractivity contribution in [2.75, 3.05) is 13.2 Å². The molecule has 0 radical (unpaired) electrons. The number of hydrogen-bond acceptors (Lipinski definition) is 3. The van der Waals surface area contributed by atoms with Crippen LogP contribution in [0.2, 0.25) is 5.02 Å². The predicted octanol–water partition coefficient (Wildman–Crippen LogP) is 4.07. The summed E-state index contributed by atoms with van der Waals surface area (Å²) in [6, 6.07) is 7.37. The Morgan fingerprint density at radius 1 is 1.19 bits per heavy atom. The van der Waals surface area contributed by atoms with Gasteiger partial charge in [0.05, 0.1) is 12.2 Å². The third kappa shape index (κ3) is 3.92. The fourth-order valence-corrected chi connectivity index (χ4v) is 5.08. The lowest BCUT2D eigenvalue weighted by Gasteiger charge is -2.27. The molecule has 4 nitrogen and oxygen atoms in total. The summed E-state index contributed by atoms with van der Waals surface area (Å²) in [5, 5.41) is 3.90. The molecule has 3 unspecified atom stereocenters. The molecule has 0 spiro atoms. The number of amides is 1. The number of rotatable bonds is 6. The average molecular weight is 378 g/mol. The molecule has 1 aliphatic heterocycles. The van der Waals surface area contributed by atoms with Gasteiger partial charge in [-0.2, -0.15) is 0 Å². The van der Waals surface area contributed by atoms with E-state index in [1.54, 1.807) is 24.3 Å². The molecule has 2 aliphatic carbocycles. The van der Waals surface area contributed by atoms with Crippen LogP contribution in [0.15, 0.2) is 24.3 Å². The zero-order valence-corrected chi connectivity index (χ0v) is 16.1. The van der Waals surface area contributed by atoms with Gasteiger partial charge in [-0.25, -0.2) is 0 Å². The monoisotopic (exact) mass is 377 g/mol. The third-order valence-electron chi connectivity index (χ3n) is 6.35. The SMILES string of the molecule is CCC(NC(=O)c1ccc(Cl)cc1)C1C2CC(OC3CCOCC3)CC21. The van der Waals surface area contributed by atoms with Gasteiger partial charge in [0, 0.05) is 29.8 Å². The largest absolute Gasteiger partial charge is 0.381 e. The van der Waals surface area contributed by atoms with Gasteiger partial charge in [-0.15, -0.1) is 0 Å². The van der Waals surface area contributed by atoms with E-state index < -0.39 is 0 Å². The van der Waals surface area contributed by atoms with Gasteiger partial charge in [0.1, 0.15) is 0 Å². The van der Waals surface area contributed by atoms with Gasteiger partial charge in [-0.05, 0) is 74.1 Å². The van der Waals surface area contributed by atoms with Gasteiger partial charge in [0.15, 0.2) is 0 Å². The number of nitrogens with one attached hydrogen (secondary N) is 1. The Kier molecular flexibility index (Phi) is 5.53. The summed E-state index contributed by atoms with van der Waals surface area (Å²) in [5.41, 5.74) is 0.680. The van der Waals surface area contributed by atoms with E-state index in [1.165, 1.54) is 0 Å². The molecule has 3 atom stereocenters. The standard InChI is InChI=1S/C21H28ClNO3/c1-2-19(23-21(24)13-3-5-14(22)6-4-13)20-17-11-16(12-18(17)20)26-15-7-9-25-10-8-15/h3-6,15-20H,2,7-12H2,1H3,(H,23,24). The molecule has 1 N–H and O–H groups in total. The Morgan fingerprint density at radius 3 is 2.46 bits per heavy atom. The first-order chi connectivity index (χ1) is 12.7. The fraction of sp³-hybridized carbons (Fsp3) is 0.667. The molecule has 26 heavy (non-hydrogen) atoms. The summed E-state index contributed by atoms with van der Waals surface area (Å²) >= 11 is 5.91. The lowest BCUT2D eigenvalue weighted by molar-refractivity contribution is -0.0704. The van der Waals surface area contributed by atoms with Gasteiger partial charge < -0.3 is 14.8 Å². The van der Waals surface area contributed by atoms with Crippen molar-refractivity contribution in [1.82, 2.24) is 5.32 Å². The Hall–Kier alpha value is -1.10. The molecule has 0 bridgehead atoms. The topological polar surface area (TPSA) is 47.6 Å². The molecule has 3 aliphatic rings. The lowest BCUT2D eigenvalue weighted by Crippen LogP contribution is -2.38. The van der Waals surface area contributed by atoms with E-state index >= 15 is 0 Å². The van der Waals surface area contributed by atoms with Crippen molar-refractivity contribution in [3.63, 3.8) is 0 Å². The quantitative estimate of drug-likeness (QED) is 0.812. The number of ether oxygens (including phenoxy) is 2. The Morgan fingerprint density at radius 2 is 1.85 bits per heavy atom. The molecule has 2 saturated carbocycles. The normalized spacial score (nSPS) is 32.1. The van der Waals surface area contributed by atoms with Gasteiger partial charge in [0.2, 0.25) is 0 Å². The van der Waals surface area contributed by atoms with Crippen LogP contribution in [0.3, 0.4) is 0 Å². The van der Waals surface area contributed by atoms with Crippen molar-refractivity contribution in [3.05, 3.63) is 34.9 Å². The van der Waals surface area contributed by atoms with Crippen molar-refractivity contribution in [2.45, 2.75) is 57.3 Å². The maximum Gasteiger partial charge on any atom is 0.251 e. The summed E-state index contributed by atoms with van der Waals surface area (Å²) in [5.74, 6) is 2.06. The molecule has 1 aromatic rings. The van der Waals surface area contributed by atoms with Crippen LogP contribution in [0.1, 0.15) is 49.4 Å². The molecule has 1 saturated heterocycles. The van der Waals surface area contributed by atoms with Crippen LogP contribution < -0.4 is 5.32 Å². The molecule has 5 heteroatoms. The Bertz CT molecular complexity index is 617. The number of benzene rings is 1. The van der Waals surface area contributed by atoms with Crippen LogP contribution in [-0.2, 0) is 9.47 Å². The molecule has 3 fully saturated rings. The second kappa shape index (κ2) is 7.87. The van der Waals surface area contributed by atoms with Crippen LogP contribution in [0.4, 0.5) is 0 Å². The van der Waals surface area contributed by atoms with Crippen molar-refractivity contribution < 1.29 is 14.3 Å². The van der Waals surface area contributed by atoms with Crippen LogP contribution in [0.25, 0.3) is 0 Å². The first-order valence-corrected chi connectivity index (χ1v) is 10.3. The average Bonchev–Trinajstić information content (AvgIpc) is 3.15. The number of fused-ring (bicyclic) bond motifs is 1. The first kappa shape index (κ1) is 18.3. The first-order valence-electron chi connectivity index (χ1n) is 9.95. The zero-order chi connectivity index (χ0) is 18.1. The second-order valence-corrected chi connectivity index (χ2v) is 8.38. The maximum absolute atomic E-state index is 12.5. The molecular formula is C21H28ClNO3. The number of carbonyl (C=O) groups excluding carboxylic acids is 1. The van der Waals surface area contributed by atoms with Crippen molar-refractivity contribution in [3.8, 4) is 0 Å². The number of carbonyl (C=O) groups is 1. The van der Waals surface area contributed by atoms with Crippen molar-refractivity contribution in [2.24, 2.45) is 17.8 Å². The fourth-order valence-electron chi connectivity index (χ4n) is 4.96. The molecule has 4 rings (SSSR count). The van der Waals surface area contributed by atoms with E-state index in [9.17, 15) is 4.79 Å². The molecule has 0 aromatic heterocycles. The Labute approximate surface area is 160 Å². The summed E-state index contributed by atoms with van der Waals surface area (Å²) in [4.78, 5) is 12.5. The number of halogens is 1. The highest BCUT2D eigenvalue weighted by Gasteiger charge is 2.59. The lowest BCUT2D eigenvalue weighted by atomic mass is 9.99.